The number of hydrogen-bond acceptors (Lipinski definition) is 4. The van der Waals surface area contributed by atoms with Crippen LogP contribution in [-0.4, -0.2) is 24.5 Å². The van der Waals surface area contributed by atoms with Crippen molar-refractivity contribution >= 4 is 12.4 Å². The molecule has 0 bridgehead atoms. The lowest BCUT2D eigenvalue weighted by Gasteiger charge is -2.44. The number of halogens is 2. The Labute approximate surface area is 165 Å². The van der Waals surface area contributed by atoms with E-state index in [1.165, 1.54) is 57.1 Å². The molecule has 4 nitrogen and oxygen atoms in total. The van der Waals surface area contributed by atoms with Gasteiger partial charge in [-0.05, 0) is 68.5 Å². The van der Waals surface area contributed by atoms with E-state index in [4.69, 9.17) is 8.83 Å². The molecule has 0 radical (unpaired) electrons. The number of nitrogens with zero attached hydrogens (tertiary/aromatic N) is 1. The summed E-state index contributed by atoms with van der Waals surface area (Å²) in [6, 6.07) is 5.95. The van der Waals surface area contributed by atoms with E-state index in [2.05, 4.69) is 4.90 Å². The van der Waals surface area contributed by atoms with Crippen LogP contribution in [0, 0.1) is 11.2 Å². The molecule has 0 amide bonds. The van der Waals surface area contributed by atoms with Crippen molar-refractivity contribution in [2.75, 3.05) is 19.6 Å². The highest BCUT2D eigenvalue weighted by Crippen LogP contribution is 2.44. The highest BCUT2D eigenvalue weighted by Gasteiger charge is 2.35. The molecule has 2 fully saturated rings. The fourth-order valence-corrected chi connectivity index (χ4v) is 4.61. The second-order valence-electron chi connectivity index (χ2n) is 7.87. The van der Waals surface area contributed by atoms with E-state index < -0.39 is 5.82 Å². The number of likely N-dealkylation sites (tertiary alicyclic amines) is 1. The number of piperidine rings is 1. The third kappa shape index (κ3) is 4.64. The molecule has 0 atom stereocenters. The van der Waals surface area contributed by atoms with Crippen LogP contribution in [0.5, 0.6) is 0 Å². The van der Waals surface area contributed by atoms with Gasteiger partial charge >= 0.3 is 5.82 Å². The summed E-state index contributed by atoms with van der Waals surface area (Å²) >= 11 is 0. The second-order valence-corrected chi connectivity index (χ2v) is 7.87. The zero-order valence-corrected chi connectivity index (χ0v) is 16.4. The predicted octanol–water partition coefficient (Wildman–Crippen LogP) is 5.05. The summed E-state index contributed by atoms with van der Waals surface area (Å²) in [4.78, 5) is 14.0. The van der Waals surface area contributed by atoms with Crippen molar-refractivity contribution in [3.05, 3.63) is 46.5 Å². The Morgan fingerprint density at radius 1 is 0.963 bits per heavy atom. The van der Waals surface area contributed by atoms with Crippen molar-refractivity contribution in [1.82, 2.24) is 4.90 Å². The Bertz CT molecular complexity index is 783. The molecule has 1 aromatic carbocycles. The minimum atomic E-state index is -0.695. The van der Waals surface area contributed by atoms with Crippen LogP contribution in [0.1, 0.15) is 50.7 Å². The summed E-state index contributed by atoms with van der Waals surface area (Å²) in [5.41, 5.74) is 1.27. The fraction of sp³-hybridized carbons (Fsp3) is 0.571. The second kappa shape index (κ2) is 8.61. The molecule has 0 N–H and O–H groups in total. The molecule has 2 aliphatic rings. The summed E-state index contributed by atoms with van der Waals surface area (Å²) in [6.45, 7) is 3.09. The van der Waals surface area contributed by atoms with Crippen LogP contribution in [0.2, 0.25) is 0 Å². The highest BCUT2D eigenvalue weighted by molar-refractivity contribution is 5.85. The predicted molar refractivity (Wildman–Crippen MR) is 105 cm³/mol. The molecule has 4 rings (SSSR count). The van der Waals surface area contributed by atoms with Crippen molar-refractivity contribution in [1.29, 1.82) is 0 Å². The molecule has 148 valence electrons. The maximum absolute atomic E-state index is 13.1. The van der Waals surface area contributed by atoms with Crippen LogP contribution in [0.25, 0.3) is 11.3 Å². The molecular formula is C21H27ClFNO3. The SMILES string of the molecule is Cl.O=c1oc(CCN2CCC3(CCCCC3)CC2)c(-c2ccc(F)cc2)o1. The van der Waals surface area contributed by atoms with Gasteiger partial charge < -0.3 is 13.7 Å². The smallest absolute Gasteiger partial charge is 0.395 e. The van der Waals surface area contributed by atoms with Gasteiger partial charge in [0.2, 0.25) is 0 Å². The lowest BCUT2D eigenvalue weighted by atomic mass is 9.68. The summed E-state index contributed by atoms with van der Waals surface area (Å²) in [7, 11) is 0. The Kier molecular flexibility index (Phi) is 6.43. The maximum atomic E-state index is 13.1. The van der Waals surface area contributed by atoms with E-state index >= 15 is 0 Å². The first kappa shape index (κ1) is 20.2. The molecule has 1 aliphatic heterocycles. The number of hydrogen-bond donors (Lipinski definition) is 0. The standard InChI is InChI=1S/C21H26FNO3.ClH/c22-17-6-4-16(5-7-17)19-18(25-20(24)26-19)8-13-23-14-11-21(12-15-23)9-2-1-3-10-21;/h4-7H,1-3,8-15H2;1H. The van der Waals surface area contributed by atoms with Crippen LogP contribution in [0.4, 0.5) is 4.39 Å². The van der Waals surface area contributed by atoms with E-state index in [-0.39, 0.29) is 18.2 Å². The molecule has 1 aromatic heterocycles. The van der Waals surface area contributed by atoms with Gasteiger partial charge in [-0.1, -0.05) is 19.3 Å². The Hall–Kier alpha value is -1.59. The number of rotatable bonds is 4. The van der Waals surface area contributed by atoms with Crippen molar-refractivity contribution in [3.8, 4) is 11.3 Å². The lowest BCUT2D eigenvalue weighted by molar-refractivity contribution is 0.0678. The number of benzene rings is 1. The van der Waals surface area contributed by atoms with Gasteiger partial charge in [0, 0.05) is 18.5 Å². The Morgan fingerprint density at radius 3 is 2.30 bits per heavy atom. The van der Waals surface area contributed by atoms with Crippen LogP contribution < -0.4 is 5.82 Å². The van der Waals surface area contributed by atoms with Gasteiger partial charge in [0.1, 0.15) is 5.82 Å². The van der Waals surface area contributed by atoms with Crippen LogP contribution in [0.3, 0.4) is 0 Å². The molecule has 1 saturated carbocycles. The molecule has 2 heterocycles. The quantitative estimate of drug-likeness (QED) is 0.726. The van der Waals surface area contributed by atoms with Crippen LogP contribution in [-0.2, 0) is 6.42 Å². The summed E-state index contributed by atoms with van der Waals surface area (Å²) < 4.78 is 23.6. The first-order valence-electron chi connectivity index (χ1n) is 9.75. The van der Waals surface area contributed by atoms with E-state index in [1.54, 1.807) is 12.1 Å². The molecule has 2 aromatic rings. The van der Waals surface area contributed by atoms with Gasteiger partial charge in [0.05, 0.1) is 0 Å². The normalized spacial score (nSPS) is 19.7. The molecular weight excluding hydrogens is 369 g/mol. The van der Waals surface area contributed by atoms with E-state index in [0.717, 1.165) is 19.6 Å². The van der Waals surface area contributed by atoms with Crippen molar-refractivity contribution < 1.29 is 13.2 Å². The summed E-state index contributed by atoms with van der Waals surface area (Å²) in [5, 5.41) is 0. The van der Waals surface area contributed by atoms with Gasteiger partial charge in [0.15, 0.2) is 11.5 Å². The maximum Gasteiger partial charge on any atom is 0.519 e. The van der Waals surface area contributed by atoms with E-state index in [9.17, 15) is 9.18 Å². The first-order chi connectivity index (χ1) is 12.6. The summed E-state index contributed by atoms with van der Waals surface area (Å²) in [6.07, 6.45) is 10.2. The van der Waals surface area contributed by atoms with Crippen molar-refractivity contribution in [3.63, 3.8) is 0 Å². The van der Waals surface area contributed by atoms with E-state index in [1.807, 2.05) is 0 Å². The lowest BCUT2D eigenvalue weighted by Crippen LogP contribution is -2.41. The minimum Gasteiger partial charge on any atom is -0.395 e. The molecule has 1 spiro atoms. The zero-order chi connectivity index (χ0) is 18.0. The zero-order valence-electron chi connectivity index (χ0n) is 15.5. The third-order valence-electron chi connectivity index (χ3n) is 6.24. The average Bonchev–Trinajstić information content (AvgIpc) is 3.03. The molecule has 1 saturated heterocycles. The summed E-state index contributed by atoms with van der Waals surface area (Å²) in [5.74, 6) is -0.0273. The minimum absolute atomic E-state index is 0. The van der Waals surface area contributed by atoms with E-state index in [0.29, 0.717) is 28.9 Å². The third-order valence-corrected chi connectivity index (χ3v) is 6.24. The fourth-order valence-electron chi connectivity index (χ4n) is 4.61. The Morgan fingerprint density at radius 2 is 1.63 bits per heavy atom. The Balaban J connectivity index is 0.00000210. The van der Waals surface area contributed by atoms with Gasteiger partial charge in [-0.3, -0.25) is 0 Å². The van der Waals surface area contributed by atoms with Gasteiger partial charge in [-0.15, -0.1) is 12.4 Å². The first-order valence-corrected chi connectivity index (χ1v) is 9.75. The van der Waals surface area contributed by atoms with Crippen molar-refractivity contribution in [2.45, 2.75) is 51.4 Å². The van der Waals surface area contributed by atoms with Crippen LogP contribution in [0.15, 0.2) is 37.9 Å². The average molecular weight is 396 g/mol. The molecule has 1 aliphatic carbocycles. The molecule has 0 unspecified atom stereocenters. The van der Waals surface area contributed by atoms with Crippen LogP contribution >= 0.6 is 12.4 Å². The largest absolute Gasteiger partial charge is 0.519 e. The molecule has 6 heteroatoms. The van der Waals surface area contributed by atoms with Gasteiger partial charge in [-0.25, -0.2) is 9.18 Å². The molecule has 27 heavy (non-hydrogen) atoms. The van der Waals surface area contributed by atoms with Gasteiger partial charge in [0.25, 0.3) is 0 Å². The monoisotopic (exact) mass is 395 g/mol. The van der Waals surface area contributed by atoms with Gasteiger partial charge in [-0.2, -0.15) is 0 Å². The van der Waals surface area contributed by atoms with Crippen molar-refractivity contribution in [2.24, 2.45) is 5.41 Å². The highest BCUT2D eigenvalue weighted by atomic mass is 35.5. The topological polar surface area (TPSA) is 46.6 Å².